The summed E-state index contributed by atoms with van der Waals surface area (Å²) in [6, 6.07) is 0. The van der Waals surface area contributed by atoms with Gasteiger partial charge >= 0.3 is 0 Å². The Morgan fingerprint density at radius 1 is 1.24 bits per heavy atom. The summed E-state index contributed by atoms with van der Waals surface area (Å²) < 4.78 is 5.06. The molecule has 0 fully saturated rings. The second-order valence-electron chi connectivity index (χ2n) is 5.03. The summed E-state index contributed by atoms with van der Waals surface area (Å²) in [6.45, 7) is 9.86. The zero-order valence-corrected chi connectivity index (χ0v) is 13.0. The molecule has 0 amide bonds. The first kappa shape index (κ1) is 17.3. The Bertz CT molecular complexity index is 152. The molecule has 0 heterocycles. The van der Waals surface area contributed by atoms with Crippen molar-refractivity contribution < 1.29 is 4.74 Å². The number of thioether (sulfide) groups is 1. The smallest absolute Gasteiger partial charge is 0.0587 e. The molecule has 1 unspecified atom stereocenters. The molecule has 0 saturated carbocycles. The van der Waals surface area contributed by atoms with E-state index in [0.717, 1.165) is 19.7 Å². The minimum Gasteiger partial charge on any atom is -0.383 e. The predicted molar refractivity (Wildman–Crippen MR) is 80.0 cm³/mol. The zero-order chi connectivity index (χ0) is 13.0. The lowest BCUT2D eigenvalue weighted by atomic mass is 9.81. The summed E-state index contributed by atoms with van der Waals surface area (Å²) in [7, 11) is 1.76. The van der Waals surface area contributed by atoms with E-state index >= 15 is 0 Å². The van der Waals surface area contributed by atoms with Gasteiger partial charge < -0.3 is 10.1 Å². The van der Waals surface area contributed by atoms with Gasteiger partial charge in [-0.2, -0.15) is 11.8 Å². The quantitative estimate of drug-likeness (QED) is 0.543. The summed E-state index contributed by atoms with van der Waals surface area (Å²) in [6.07, 6.45) is 5.29. The predicted octanol–water partition coefficient (Wildman–Crippen LogP) is 3.56. The van der Waals surface area contributed by atoms with E-state index < -0.39 is 0 Å². The Morgan fingerprint density at radius 2 is 2.00 bits per heavy atom. The van der Waals surface area contributed by atoms with Crippen LogP contribution in [-0.4, -0.2) is 38.3 Å². The molecular weight excluding hydrogens is 230 g/mol. The number of rotatable bonds is 12. The van der Waals surface area contributed by atoms with Gasteiger partial charge in [0, 0.05) is 20.2 Å². The second-order valence-corrected chi connectivity index (χ2v) is 6.42. The number of hydrogen-bond donors (Lipinski definition) is 1. The Kier molecular flexibility index (Phi) is 11.5. The third-order valence-electron chi connectivity index (χ3n) is 3.16. The van der Waals surface area contributed by atoms with Crippen LogP contribution >= 0.6 is 11.8 Å². The maximum atomic E-state index is 5.06. The van der Waals surface area contributed by atoms with Crippen LogP contribution in [-0.2, 0) is 4.74 Å². The molecule has 0 aromatic rings. The Morgan fingerprint density at radius 3 is 2.59 bits per heavy atom. The van der Waals surface area contributed by atoms with Crippen LogP contribution in [0.4, 0.5) is 0 Å². The van der Waals surface area contributed by atoms with Gasteiger partial charge in [-0.05, 0) is 36.2 Å². The van der Waals surface area contributed by atoms with Crippen LogP contribution in [0.5, 0.6) is 0 Å². The van der Waals surface area contributed by atoms with E-state index in [1.54, 1.807) is 7.11 Å². The molecule has 0 saturated heterocycles. The van der Waals surface area contributed by atoms with Crippen LogP contribution < -0.4 is 5.32 Å². The van der Waals surface area contributed by atoms with Crippen molar-refractivity contribution in [3.05, 3.63) is 0 Å². The number of ether oxygens (including phenoxy) is 1. The van der Waals surface area contributed by atoms with Gasteiger partial charge in [0.05, 0.1) is 6.61 Å². The lowest BCUT2D eigenvalue weighted by Gasteiger charge is -2.30. The first-order chi connectivity index (χ1) is 8.18. The molecule has 0 rings (SSSR count). The topological polar surface area (TPSA) is 21.3 Å². The van der Waals surface area contributed by atoms with Crippen molar-refractivity contribution in [1.82, 2.24) is 5.32 Å². The highest BCUT2D eigenvalue weighted by molar-refractivity contribution is 7.99. The van der Waals surface area contributed by atoms with E-state index in [1.165, 1.54) is 37.2 Å². The molecule has 1 N–H and O–H groups in total. The van der Waals surface area contributed by atoms with Gasteiger partial charge in [0.1, 0.15) is 0 Å². The van der Waals surface area contributed by atoms with Gasteiger partial charge in [-0.25, -0.2) is 0 Å². The molecule has 0 aliphatic carbocycles. The summed E-state index contributed by atoms with van der Waals surface area (Å²) in [5.41, 5.74) is 0.469. The minimum atomic E-state index is 0.469. The number of hydrogen-bond acceptors (Lipinski definition) is 3. The third kappa shape index (κ3) is 9.93. The maximum Gasteiger partial charge on any atom is 0.0587 e. The van der Waals surface area contributed by atoms with Crippen molar-refractivity contribution >= 4 is 11.8 Å². The standard InChI is InChI=1S/C14H31NOS/c1-5-8-14(3,9-7-12-17-6-2)13-15-10-11-16-4/h15H,5-13H2,1-4H3. The molecule has 0 aromatic carbocycles. The molecule has 0 bridgehead atoms. The molecule has 0 radical (unpaired) electrons. The molecule has 0 aliphatic heterocycles. The monoisotopic (exact) mass is 261 g/mol. The SMILES string of the molecule is CCCC(C)(CCCSCC)CNCCOC. The largest absolute Gasteiger partial charge is 0.383 e. The first-order valence-electron chi connectivity index (χ1n) is 6.96. The zero-order valence-electron chi connectivity index (χ0n) is 12.2. The molecule has 17 heavy (non-hydrogen) atoms. The van der Waals surface area contributed by atoms with Gasteiger partial charge in [0.15, 0.2) is 0 Å². The average Bonchev–Trinajstić information content (AvgIpc) is 2.31. The highest BCUT2D eigenvalue weighted by atomic mass is 32.2. The van der Waals surface area contributed by atoms with Crippen LogP contribution in [0.1, 0.15) is 46.5 Å². The highest BCUT2D eigenvalue weighted by Crippen LogP contribution is 2.29. The van der Waals surface area contributed by atoms with Crippen LogP contribution in [0, 0.1) is 5.41 Å². The first-order valence-corrected chi connectivity index (χ1v) is 8.11. The highest BCUT2D eigenvalue weighted by Gasteiger charge is 2.22. The fourth-order valence-corrected chi connectivity index (χ4v) is 2.85. The molecule has 3 heteroatoms. The third-order valence-corrected chi connectivity index (χ3v) is 4.15. The Labute approximate surface area is 112 Å². The van der Waals surface area contributed by atoms with Gasteiger partial charge in [-0.15, -0.1) is 0 Å². The molecule has 1 atom stereocenters. The molecule has 0 aliphatic rings. The fourth-order valence-electron chi connectivity index (χ4n) is 2.22. The van der Waals surface area contributed by atoms with E-state index in [1.807, 2.05) is 0 Å². The second kappa shape index (κ2) is 11.4. The fraction of sp³-hybridized carbons (Fsp3) is 1.00. The molecule has 2 nitrogen and oxygen atoms in total. The van der Waals surface area contributed by atoms with Crippen molar-refractivity contribution in [2.75, 3.05) is 38.3 Å². The molecule has 0 aromatic heterocycles. The van der Waals surface area contributed by atoms with Crippen molar-refractivity contribution in [1.29, 1.82) is 0 Å². The average molecular weight is 261 g/mol. The van der Waals surface area contributed by atoms with Crippen molar-refractivity contribution in [3.63, 3.8) is 0 Å². The summed E-state index contributed by atoms with van der Waals surface area (Å²) in [5.74, 6) is 2.56. The van der Waals surface area contributed by atoms with Crippen LogP contribution in [0.3, 0.4) is 0 Å². The van der Waals surface area contributed by atoms with E-state index in [-0.39, 0.29) is 0 Å². The number of nitrogens with one attached hydrogen (secondary N) is 1. The lowest BCUT2D eigenvalue weighted by molar-refractivity contribution is 0.187. The summed E-state index contributed by atoms with van der Waals surface area (Å²) >= 11 is 2.06. The van der Waals surface area contributed by atoms with Gasteiger partial charge in [0.25, 0.3) is 0 Å². The minimum absolute atomic E-state index is 0.469. The Hall–Kier alpha value is 0.270. The normalized spacial score (nSPS) is 14.8. The van der Waals surface area contributed by atoms with E-state index in [0.29, 0.717) is 5.41 Å². The van der Waals surface area contributed by atoms with Crippen molar-refractivity contribution in [3.8, 4) is 0 Å². The maximum absolute atomic E-state index is 5.06. The van der Waals surface area contributed by atoms with Crippen LogP contribution in [0.2, 0.25) is 0 Å². The van der Waals surface area contributed by atoms with Crippen LogP contribution in [0.15, 0.2) is 0 Å². The Balaban J connectivity index is 3.80. The summed E-state index contributed by atoms with van der Waals surface area (Å²) in [4.78, 5) is 0. The summed E-state index contributed by atoms with van der Waals surface area (Å²) in [5, 5.41) is 3.52. The van der Waals surface area contributed by atoms with Gasteiger partial charge in [0.2, 0.25) is 0 Å². The van der Waals surface area contributed by atoms with Gasteiger partial charge in [-0.1, -0.05) is 27.2 Å². The molecular formula is C14H31NOS. The number of methoxy groups -OCH3 is 1. The molecule has 0 spiro atoms. The molecule has 104 valence electrons. The van der Waals surface area contributed by atoms with E-state index in [4.69, 9.17) is 4.74 Å². The van der Waals surface area contributed by atoms with E-state index in [2.05, 4.69) is 37.8 Å². The van der Waals surface area contributed by atoms with E-state index in [9.17, 15) is 0 Å². The van der Waals surface area contributed by atoms with Crippen molar-refractivity contribution in [2.24, 2.45) is 5.41 Å². The van der Waals surface area contributed by atoms with Crippen LogP contribution in [0.25, 0.3) is 0 Å². The van der Waals surface area contributed by atoms with Crippen molar-refractivity contribution in [2.45, 2.75) is 46.5 Å². The lowest BCUT2D eigenvalue weighted by Crippen LogP contribution is -2.33. The van der Waals surface area contributed by atoms with Gasteiger partial charge in [-0.3, -0.25) is 0 Å².